The van der Waals surface area contributed by atoms with Crippen LogP contribution in [0.2, 0.25) is 0 Å². The third-order valence-electron chi connectivity index (χ3n) is 2.83. The van der Waals surface area contributed by atoms with E-state index in [-0.39, 0.29) is 29.1 Å². The van der Waals surface area contributed by atoms with Gasteiger partial charge in [-0.25, -0.2) is 0 Å². The lowest BCUT2D eigenvalue weighted by Crippen LogP contribution is -3.00. The van der Waals surface area contributed by atoms with Crippen molar-refractivity contribution >= 4 is 16.9 Å². The number of likely N-dealkylation sites (tertiary alicyclic amines) is 1. The van der Waals surface area contributed by atoms with Crippen LogP contribution in [0.25, 0.3) is 0 Å². The quantitative estimate of drug-likeness (QED) is 0.483. The van der Waals surface area contributed by atoms with E-state index < -0.39 is 0 Å². The second-order valence-corrected chi connectivity index (χ2v) is 5.46. The average molecular weight is 329 g/mol. The molecule has 1 rings (SSSR count). The topological polar surface area (TPSA) is 17.1 Å². The van der Waals surface area contributed by atoms with Crippen molar-refractivity contribution < 1.29 is 33.3 Å². The zero-order valence-electron chi connectivity index (χ0n) is 9.09. The van der Waals surface area contributed by atoms with Crippen LogP contribution in [0, 0.1) is 0 Å². The predicted molar refractivity (Wildman–Crippen MR) is 57.8 cm³/mol. The Morgan fingerprint density at radius 1 is 1.29 bits per heavy atom. The molecule has 0 aromatic rings. The van der Waals surface area contributed by atoms with E-state index in [1.165, 1.54) is 48.6 Å². The molecule has 0 radical (unpaired) electrons. The lowest BCUT2D eigenvalue weighted by Gasteiger charge is -2.37. The number of thioether (sulfide) groups is 1. The molecule has 0 aromatic heterocycles. The number of rotatable bonds is 3. The Morgan fingerprint density at radius 2 is 1.86 bits per heavy atom. The molecule has 0 unspecified atom stereocenters. The van der Waals surface area contributed by atoms with Crippen molar-refractivity contribution in [1.29, 1.82) is 0 Å². The van der Waals surface area contributed by atoms with Crippen LogP contribution in [0.1, 0.15) is 26.2 Å². The van der Waals surface area contributed by atoms with Gasteiger partial charge in [-0.05, 0) is 19.3 Å². The van der Waals surface area contributed by atoms with Gasteiger partial charge in [0.25, 0.3) is 0 Å². The fourth-order valence-corrected chi connectivity index (χ4v) is 2.73. The van der Waals surface area contributed by atoms with E-state index >= 15 is 0 Å². The third-order valence-corrected chi connectivity index (χ3v) is 3.63. The molecule has 1 fully saturated rings. The molecule has 4 heteroatoms. The number of quaternary nitrogens is 1. The lowest BCUT2D eigenvalue weighted by molar-refractivity contribution is -0.911. The highest BCUT2D eigenvalue weighted by molar-refractivity contribution is 8.13. The van der Waals surface area contributed by atoms with Gasteiger partial charge in [-0.2, -0.15) is 0 Å². The summed E-state index contributed by atoms with van der Waals surface area (Å²) in [5.74, 6) is 0.992. The van der Waals surface area contributed by atoms with Gasteiger partial charge in [-0.3, -0.25) is 4.79 Å². The molecule has 0 amide bonds. The maximum absolute atomic E-state index is 10.7. The molecule has 0 atom stereocenters. The second-order valence-electron chi connectivity index (χ2n) is 4.19. The fourth-order valence-electron chi connectivity index (χ4n) is 1.91. The minimum absolute atomic E-state index is 0. The van der Waals surface area contributed by atoms with E-state index in [0.29, 0.717) is 0 Å². The lowest BCUT2D eigenvalue weighted by atomic mass is 10.1. The Bertz CT molecular complexity index is 181. The standard InChI is InChI=1S/C10H20NOS.HI/c1-10(12)13-9-8-11(2)6-4-3-5-7-11;/h3-9H2,1-2H3;1H/q+1;/p-1. The molecule has 1 aliphatic heterocycles. The van der Waals surface area contributed by atoms with Gasteiger partial charge in [0, 0.05) is 6.92 Å². The van der Waals surface area contributed by atoms with Crippen LogP contribution in [-0.2, 0) is 4.79 Å². The normalized spacial score (nSPS) is 19.9. The fraction of sp³-hybridized carbons (Fsp3) is 0.900. The van der Waals surface area contributed by atoms with Crippen LogP contribution in [0.5, 0.6) is 0 Å². The summed E-state index contributed by atoms with van der Waals surface area (Å²) in [6, 6.07) is 0. The van der Waals surface area contributed by atoms with Crippen molar-refractivity contribution in [3.63, 3.8) is 0 Å². The molecule has 84 valence electrons. The number of nitrogens with zero attached hydrogens (tertiary/aromatic N) is 1. The average Bonchev–Trinajstić information content (AvgIpc) is 2.04. The van der Waals surface area contributed by atoms with E-state index in [2.05, 4.69) is 7.05 Å². The Kier molecular flexibility index (Phi) is 7.42. The maximum Gasteiger partial charge on any atom is 0.186 e. The summed E-state index contributed by atoms with van der Waals surface area (Å²) < 4.78 is 1.18. The van der Waals surface area contributed by atoms with E-state index in [0.717, 1.165) is 12.3 Å². The summed E-state index contributed by atoms with van der Waals surface area (Å²) >= 11 is 1.47. The highest BCUT2D eigenvalue weighted by Crippen LogP contribution is 2.17. The van der Waals surface area contributed by atoms with Gasteiger partial charge in [-0.1, -0.05) is 11.8 Å². The molecule has 1 aliphatic rings. The summed E-state index contributed by atoms with van der Waals surface area (Å²) in [5.41, 5.74) is 0. The van der Waals surface area contributed by atoms with E-state index in [9.17, 15) is 4.79 Å². The molecule has 1 saturated heterocycles. The molecule has 0 aromatic carbocycles. The number of carbonyl (C=O) groups is 1. The van der Waals surface area contributed by atoms with Gasteiger partial charge < -0.3 is 28.5 Å². The number of hydrogen-bond donors (Lipinski definition) is 0. The Hall–Kier alpha value is 0.710. The molecule has 0 spiro atoms. The number of carbonyl (C=O) groups excluding carboxylic acids is 1. The highest BCUT2D eigenvalue weighted by atomic mass is 127. The van der Waals surface area contributed by atoms with Crippen molar-refractivity contribution in [3.8, 4) is 0 Å². The molecule has 2 nitrogen and oxygen atoms in total. The van der Waals surface area contributed by atoms with Crippen LogP contribution in [0.3, 0.4) is 0 Å². The third kappa shape index (κ3) is 5.56. The first-order valence-electron chi connectivity index (χ1n) is 5.09. The molecule has 0 bridgehead atoms. The molecular weight excluding hydrogens is 309 g/mol. The molecule has 0 N–H and O–H groups in total. The summed E-state index contributed by atoms with van der Waals surface area (Å²) in [4.78, 5) is 10.7. The van der Waals surface area contributed by atoms with Crippen molar-refractivity contribution in [2.75, 3.05) is 32.4 Å². The second kappa shape index (κ2) is 7.06. The highest BCUT2D eigenvalue weighted by Gasteiger charge is 2.23. The smallest absolute Gasteiger partial charge is 0.186 e. The molecular formula is C10H20INOS. The molecule has 1 heterocycles. The first-order valence-corrected chi connectivity index (χ1v) is 6.08. The summed E-state index contributed by atoms with van der Waals surface area (Å²) in [7, 11) is 2.32. The maximum atomic E-state index is 10.7. The zero-order chi connectivity index (χ0) is 9.73. The van der Waals surface area contributed by atoms with Crippen LogP contribution in [0.4, 0.5) is 0 Å². The Balaban J connectivity index is 0.00000169. The van der Waals surface area contributed by atoms with E-state index in [1.54, 1.807) is 6.92 Å². The minimum Gasteiger partial charge on any atom is -1.00 e. The van der Waals surface area contributed by atoms with Gasteiger partial charge >= 0.3 is 0 Å². The van der Waals surface area contributed by atoms with Gasteiger partial charge in [0.1, 0.15) is 0 Å². The molecule has 0 saturated carbocycles. The van der Waals surface area contributed by atoms with Crippen LogP contribution in [-0.4, -0.2) is 42.0 Å². The SMILES string of the molecule is CC(=O)SCC[N+]1(C)CCCCC1.[I-]. The van der Waals surface area contributed by atoms with Gasteiger partial charge in [0.15, 0.2) is 5.12 Å². The Morgan fingerprint density at radius 3 is 2.36 bits per heavy atom. The summed E-state index contributed by atoms with van der Waals surface area (Å²) in [6.45, 7) is 5.42. The predicted octanol–water partition coefficient (Wildman–Crippen LogP) is -1.10. The largest absolute Gasteiger partial charge is 1.00 e. The number of halogens is 1. The number of hydrogen-bond acceptors (Lipinski definition) is 2. The van der Waals surface area contributed by atoms with Crippen molar-refractivity contribution in [3.05, 3.63) is 0 Å². The monoisotopic (exact) mass is 329 g/mol. The van der Waals surface area contributed by atoms with Crippen LogP contribution in [0.15, 0.2) is 0 Å². The first-order chi connectivity index (χ1) is 6.12. The van der Waals surface area contributed by atoms with E-state index in [1.807, 2.05) is 0 Å². The van der Waals surface area contributed by atoms with Gasteiger partial charge in [0.2, 0.25) is 0 Å². The number of piperidine rings is 1. The van der Waals surface area contributed by atoms with Crippen molar-refractivity contribution in [2.45, 2.75) is 26.2 Å². The van der Waals surface area contributed by atoms with Gasteiger partial charge in [-0.15, -0.1) is 0 Å². The molecule has 14 heavy (non-hydrogen) atoms. The summed E-state index contributed by atoms with van der Waals surface area (Å²) in [5, 5.41) is 0.253. The van der Waals surface area contributed by atoms with Crippen molar-refractivity contribution in [2.24, 2.45) is 0 Å². The van der Waals surface area contributed by atoms with Crippen LogP contribution >= 0.6 is 11.8 Å². The van der Waals surface area contributed by atoms with Crippen molar-refractivity contribution in [1.82, 2.24) is 0 Å². The molecule has 0 aliphatic carbocycles. The zero-order valence-corrected chi connectivity index (χ0v) is 12.1. The minimum atomic E-state index is 0. The summed E-state index contributed by atoms with van der Waals surface area (Å²) in [6.07, 6.45) is 4.12. The van der Waals surface area contributed by atoms with Gasteiger partial charge in [0.05, 0.1) is 32.4 Å². The first kappa shape index (κ1) is 14.7. The Labute approximate surface area is 108 Å². The van der Waals surface area contributed by atoms with Crippen LogP contribution < -0.4 is 24.0 Å². The van der Waals surface area contributed by atoms with E-state index in [4.69, 9.17) is 0 Å².